The number of pyridine rings is 1. The minimum absolute atomic E-state index is 0.861. The van der Waals surface area contributed by atoms with E-state index in [0.29, 0.717) is 0 Å². The Morgan fingerprint density at radius 1 is 0.400 bits per heavy atom. The zero-order chi connectivity index (χ0) is 43.0. The van der Waals surface area contributed by atoms with E-state index in [0.717, 1.165) is 72.7 Å². The average molecular weight is 833 g/mol. The lowest BCUT2D eigenvalue weighted by Crippen LogP contribution is -2.09. The summed E-state index contributed by atoms with van der Waals surface area (Å²) >= 11 is 0. The molecule has 5 nitrogen and oxygen atoms in total. The summed E-state index contributed by atoms with van der Waals surface area (Å²) in [6.07, 6.45) is 1.91. The highest BCUT2D eigenvalue weighted by molar-refractivity contribution is 6.26. The van der Waals surface area contributed by atoms with Gasteiger partial charge in [-0.2, -0.15) is 0 Å². The maximum absolute atomic E-state index is 6.41. The van der Waals surface area contributed by atoms with Crippen LogP contribution in [-0.4, -0.2) is 14.1 Å². The van der Waals surface area contributed by atoms with Gasteiger partial charge in [0.25, 0.3) is 0 Å². The number of benzene rings is 9. The smallest absolute Gasteiger partial charge is 0.137 e. The second-order valence-corrected chi connectivity index (χ2v) is 16.9. The highest BCUT2D eigenvalue weighted by atomic mass is 16.3. The molecular weight excluding hydrogens is 793 g/mol. The van der Waals surface area contributed by atoms with Gasteiger partial charge < -0.3 is 13.9 Å². The molecule has 9 aromatic carbocycles. The number of aryl methyl sites for hydroxylation is 1. The third-order valence-electron chi connectivity index (χ3n) is 13.0. The second-order valence-electron chi connectivity index (χ2n) is 16.9. The first-order valence-corrected chi connectivity index (χ1v) is 22.1. The van der Waals surface area contributed by atoms with E-state index in [1.165, 1.54) is 49.3 Å². The summed E-state index contributed by atoms with van der Waals surface area (Å²) in [5.74, 6) is 0.904. The van der Waals surface area contributed by atoms with Crippen LogP contribution in [0.1, 0.15) is 5.56 Å². The summed E-state index contributed by atoms with van der Waals surface area (Å²) in [4.78, 5) is 7.25. The molecule has 0 saturated heterocycles. The monoisotopic (exact) mass is 832 g/mol. The summed E-state index contributed by atoms with van der Waals surface area (Å²) in [5, 5.41) is 7.05. The fraction of sp³-hybridized carbons (Fsp3) is 0.0167. The molecule has 0 N–H and O–H groups in total. The first kappa shape index (κ1) is 36.9. The number of nitrogens with zero attached hydrogens (tertiary/aromatic N) is 4. The standard InChI is InChI=1S/C60H40N4O/c1-39-34-35-61-58(36-39)64-54-32-24-43(37-52(54)59-55(64)33-31-51-48-16-8-10-18-53(48)63(60(51)59)44-14-6-3-7-15-44)42-22-27-46(28-23-42)62(45-25-20-41(21-26-45)40-12-4-2-5-13-40)47-29-30-50-49-17-9-11-19-56(49)65-57(50)38-47/h2-38H,1H3. The molecule has 0 radical (unpaired) electrons. The van der Waals surface area contributed by atoms with E-state index < -0.39 is 0 Å². The molecule has 4 aromatic heterocycles. The number of anilines is 3. The van der Waals surface area contributed by atoms with E-state index in [1.54, 1.807) is 0 Å². The van der Waals surface area contributed by atoms with E-state index >= 15 is 0 Å². The van der Waals surface area contributed by atoms with Gasteiger partial charge in [0, 0.05) is 67.3 Å². The van der Waals surface area contributed by atoms with Crippen LogP contribution in [0.15, 0.2) is 229 Å². The fourth-order valence-electron chi connectivity index (χ4n) is 10.0. The molecule has 0 atom stereocenters. The molecule has 13 aromatic rings. The molecule has 0 aliphatic heterocycles. The molecule has 5 heteroatoms. The Morgan fingerprint density at radius 3 is 1.75 bits per heavy atom. The Bertz CT molecular complexity index is 3940. The van der Waals surface area contributed by atoms with Crippen LogP contribution < -0.4 is 4.90 Å². The number of hydrogen-bond acceptors (Lipinski definition) is 3. The first-order valence-electron chi connectivity index (χ1n) is 22.1. The van der Waals surface area contributed by atoms with E-state index in [9.17, 15) is 0 Å². The second kappa shape index (κ2) is 14.7. The molecule has 0 saturated carbocycles. The van der Waals surface area contributed by atoms with Crippen LogP contribution in [0.4, 0.5) is 17.1 Å². The molecule has 0 aliphatic carbocycles. The number of rotatable bonds is 7. The Morgan fingerprint density at radius 2 is 0.985 bits per heavy atom. The summed E-state index contributed by atoms with van der Waals surface area (Å²) in [6, 6.07) is 78.3. The Balaban J connectivity index is 0.987. The minimum atomic E-state index is 0.861. The van der Waals surface area contributed by atoms with Crippen molar-refractivity contribution in [3.63, 3.8) is 0 Å². The zero-order valence-electron chi connectivity index (χ0n) is 35.6. The Hall–Kier alpha value is -8.67. The van der Waals surface area contributed by atoms with Crippen molar-refractivity contribution in [2.45, 2.75) is 6.92 Å². The van der Waals surface area contributed by atoms with Gasteiger partial charge in [0.15, 0.2) is 0 Å². The molecule has 306 valence electrons. The lowest BCUT2D eigenvalue weighted by atomic mass is 10.0. The van der Waals surface area contributed by atoms with Crippen molar-refractivity contribution < 1.29 is 4.42 Å². The number of fused-ring (bicyclic) bond motifs is 10. The van der Waals surface area contributed by atoms with Gasteiger partial charge in [-0.05, 0) is 126 Å². The van der Waals surface area contributed by atoms with E-state index in [2.05, 4.69) is 227 Å². The van der Waals surface area contributed by atoms with Crippen LogP contribution in [0.3, 0.4) is 0 Å². The van der Waals surface area contributed by atoms with Gasteiger partial charge >= 0.3 is 0 Å². The van der Waals surface area contributed by atoms with Gasteiger partial charge in [-0.3, -0.25) is 4.57 Å². The third kappa shape index (κ3) is 5.97. The van der Waals surface area contributed by atoms with E-state index in [1.807, 2.05) is 18.3 Å². The molecule has 0 fully saturated rings. The fourth-order valence-corrected chi connectivity index (χ4v) is 10.0. The minimum Gasteiger partial charge on any atom is -0.456 e. The maximum Gasteiger partial charge on any atom is 0.137 e. The quantitative estimate of drug-likeness (QED) is 0.161. The molecule has 0 amide bonds. The number of furan rings is 1. The number of hydrogen-bond donors (Lipinski definition) is 0. The van der Waals surface area contributed by atoms with Crippen LogP contribution in [-0.2, 0) is 0 Å². The maximum atomic E-state index is 6.41. The highest BCUT2D eigenvalue weighted by Gasteiger charge is 2.22. The molecule has 0 bridgehead atoms. The summed E-state index contributed by atoms with van der Waals surface area (Å²) in [6.45, 7) is 2.13. The molecule has 0 aliphatic rings. The van der Waals surface area contributed by atoms with Crippen LogP contribution >= 0.6 is 0 Å². The summed E-state index contributed by atoms with van der Waals surface area (Å²) in [7, 11) is 0. The highest BCUT2D eigenvalue weighted by Crippen LogP contribution is 2.44. The van der Waals surface area contributed by atoms with Crippen molar-refractivity contribution in [1.82, 2.24) is 14.1 Å². The van der Waals surface area contributed by atoms with Crippen molar-refractivity contribution in [3.05, 3.63) is 230 Å². The molecule has 0 spiro atoms. The summed E-state index contributed by atoms with van der Waals surface area (Å²) in [5.41, 5.74) is 16.4. The van der Waals surface area contributed by atoms with Crippen molar-refractivity contribution in [1.29, 1.82) is 0 Å². The predicted molar refractivity (Wildman–Crippen MR) is 270 cm³/mol. The van der Waals surface area contributed by atoms with E-state index in [-0.39, 0.29) is 0 Å². The lowest BCUT2D eigenvalue weighted by molar-refractivity contribution is 0.669. The number of aromatic nitrogens is 3. The van der Waals surface area contributed by atoms with Gasteiger partial charge in [0.2, 0.25) is 0 Å². The average Bonchev–Trinajstić information content (AvgIpc) is 4.02. The largest absolute Gasteiger partial charge is 0.456 e. The van der Waals surface area contributed by atoms with Gasteiger partial charge in [-0.25, -0.2) is 4.98 Å². The van der Waals surface area contributed by atoms with Crippen LogP contribution in [0.25, 0.3) is 99.3 Å². The van der Waals surface area contributed by atoms with Crippen molar-refractivity contribution in [3.8, 4) is 33.8 Å². The van der Waals surface area contributed by atoms with Crippen LogP contribution in [0.2, 0.25) is 0 Å². The lowest BCUT2D eigenvalue weighted by Gasteiger charge is -2.26. The zero-order valence-corrected chi connectivity index (χ0v) is 35.6. The Labute approximate surface area is 375 Å². The Kier molecular flexibility index (Phi) is 8.36. The van der Waals surface area contributed by atoms with Crippen molar-refractivity contribution >= 4 is 82.6 Å². The number of para-hydroxylation sites is 3. The van der Waals surface area contributed by atoms with Gasteiger partial charge in [0.05, 0.1) is 22.1 Å². The van der Waals surface area contributed by atoms with E-state index in [4.69, 9.17) is 9.40 Å². The predicted octanol–water partition coefficient (Wildman–Crippen LogP) is 16.3. The van der Waals surface area contributed by atoms with Crippen LogP contribution in [0, 0.1) is 6.92 Å². The van der Waals surface area contributed by atoms with Gasteiger partial charge in [-0.1, -0.05) is 121 Å². The summed E-state index contributed by atoms with van der Waals surface area (Å²) < 4.78 is 11.2. The van der Waals surface area contributed by atoms with Crippen molar-refractivity contribution in [2.24, 2.45) is 0 Å². The van der Waals surface area contributed by atoms with Crippen molar-refractivity contribution in [2.75, 3.05) is 4.90 Å². The molecule has 0 unspecified atom stereocenters. The van der Waals surface area contributed by atoms with Gasteiger partial charge in [-0.15, -0.1) is 0 Å². The molecule has 13 rings (SSSR count). The molecule has 4 heterocycles. The molecular formula is C60H40N4O. The third-order valence-corrected chi connectivity index (χ3v) is 13.0. The normalized spacial score (nSPS) is 11.8. The van der Waals surface area contributed by atoms with Gasteiger partial charge in [0.1, 0.15) is 17.0 Å². The topological polar surface area (TPSA) is 39.1 Å². The van der Waals surface area contributed by atoms with Crippen LogP contribution in [0.5, 0.6) is 0 Å². The SMILES string of the molecule is Cc1ccnc(-n2c3ccc(-c4ccc(N(c5ccc(-c6ccccc6)cc5)c5ccc6c(c5)oc5ccccc56)cc4)cc3c3c2ccc2c4ccccc4n(-c4ccccc4)c23)c1. The molecule has 65 heavy (non-hydrogen) atoms. The first-order chi connectivity index (χ1) is 32.1.